The molecular formula is C28H32ClFN4O4. The van der Waals surface area contributed by atoms with Crippen molar-refractivity contribution in [1.82, 2.24) is 19.4 Å². The molecule has 8 nitrogen and oxygen atoms in total. The zero-order valence-corrected chi connectivity index (χ0v) is 21.9. The van der Waals surface area contributed by atoms with E-state index in [1.807, 2.05) is 18.3 Å². The molecule has 2 aromatic heterocycles. The average Bonchev–Trinajstić information content (AvgIpc) is 3.26. The zero-order chi connectivity index (χ0) is 26.5. The molecule has 38 heavy (non-hydrogen) atoms. The number of nitrogens with zero attached hydrogens (tertiary/aromatic N) is 4. The number of aromatic nitrogens is 3. The molecule has 0 unspecified atom stereocenters. The molecule has 5 rings (SSSR count). The molecule has 1 N–H and O–H groups in total. The van der Waals surface area contributed by atoms with Gasteiger partial charge in [-0.15, -0.1) is 0 Å². The maximum Gasteiger partial charge on any atom is 0.303 e. The molecule has 0 aliphatic carbocycles. The zero-order valence-electron chi connectivity index (χ0n) is 21.2. The maximum atomic E-state index is 14.1. The van der Waals surface area contributed by atoms with Crippen LogP contribution in [0.5, 0.6) is 5.88 Å². The van der Waals surface area contributed by atoms with E-state index in [4.69, 9.17) is 31.2 Å². The van der Waals surface area contributed by atoms with Gasteiger partial charge in [0.2, 0.25) is 5.88 Å². The number of hydrogen-bond acceptors (Lipinski definition) is 6. The highest BCUT2D eigenvalue weighted by Crippen LogP contribution is 2.29. The van der Waals surface area contributed by atoms with Gasteiger partial charge in [0.1, 0.15) is 18.2 Å². The third kappa shape index (κ3) is 6.70. The monoisotopic (exact) mass is 542 g/mol. The molecule has 2 saturated heterocycles. The smallest absolute Gasteiger partial charge is 0.303 e. The third-order valence-electron chi connectivity index (χ3n) is 7.30. The molecule has 1 atom stereocenters. The average molecular weight is 543 g/mol. The molecule has 202 valence electrons. The Kier molecular flexibility index (Phi) is 8.56. The fraction of sp³-hybridized carbons (Fsp3) is 0.464. The Morgan fingerprint density at radius 3 is 2.74 bits per heavy atom. The molecule has 0 bridgehead atoms. The van der Waals surface area contributed by atoms with E-state index < -0.39 is 11.8 Å². The Morgan fingerprint density at radius 1 is 1.21 bits per heavy atom. The van der Waals surface area contributed by atoms with Crippen LogP contribution in [0.1, 0.15) is 54.4 Å². The van der Waals surface area contributed by atoms with Crippen LogP contribution < -0.4 is 4.74 Å². The summed E-state index contributed by atoms with van der Waals surface area (Å²) in [5.74, 6) is 0.560. The van der Waals surface area contributed by atoms with E-state index in [-0.39, 0.29) is 19.1 Å². The second-order valence-corrected chi connectivity index (χ2v) is 10.4. The van der Waals surface area contributed by atoms with E-state index in [0.29, 0.717) is 28.8 Å². The lowest BCUT2D eigenvalue weighted by atomic mass is 9.93. The summed E-state index contributed by atoms with van der Waals surface area (Å²) < 4.78 is 27.6. The minimum atomic E-state index is -0.804. The summed E-state index contributed by atoms with van der Waals surface area (Å²) in [6, 6.07) is 10.3. The molecule has 0 radical (unpaired) electrons. The Morgan fingerprint density at radius 2 is 2.03 bits per heavy atom. The number of piperidine rings is 1. The van der Waals surface area contributed by atoms with Gasteiger partial charge in [0, 0.05) is 46.8 Å². The van der Waals surface area contributed by atoms with Gasteiger partial charge < -0.3 is 19.1 Å². The van der Waals surface area contributed by atoms with Crippen molar-refractivity contribution in [3.05, 3.63) is 76.2 Å². The minimum Gasteiger partial charge on any atom is -0.481 e. The highest BCUT2D eigenvalue weighted by atomic mass is 35.5. The fourth-order valence-electron chi connectivity index (χ4n) is 4.99. The van der Waals surface area contributed by atoms with Gasteiger partial charge in [0.15, 0.2) is 0 Å². The standard InChI is InChI=1S/C28H32ClFN4O4/c29-21-5-4-20(24(30)14-21)18-38-27-3-1-2-25(32-27)19-8-11-33(12-9-19)17-26-31-15-22(6-7-28(35)36)34(26)16-23-10-13-37-23/h1-5,14-15,19,23H,6-13,16-18H2,(H,35,36)/t23-/m0/s1. The molecule has 1 aromatic carbocycles. The van der Waals surface area contributed by atoms with Gasteiger partial charge in [0.05, 0.1) is 25.6 Å². The number of halogens is 2. The van der Waals surface area contributed by atoms with E-state index in [9.17, 15) is 9.18 Å². The van der Waals surface area contributed by atoms with Crippen molar-refractivity contribution < 1.29 is 23.8 Å². The third-order valence-corrected chi connectivity index (χ3v) is 7.54. The van der Waals surface area contributed by atoms with Crippen LogP contribution in [0.25, 0.3) is 0 Å². The van der Waals surface area contributed by atoms with Crippen LogP contribution in [0.15, 0.2) is 42.6 Å². The highest BCUT2D eigenvalue weighted by molar-refractivity contribution is 6.30. The number of hydrogen-bond donors (Lipinski definition) is 1. The van der Waals surface area contributed by atoms with E-state index in [1.54, 1.807) is 18.2 Å². The van der Waals surface area contributed by atoms with Crippen molar-refractivity contribution in [3.63, 3.8) is 0 Å². The summed E-state index contributed by atoms with van der Waals surface area (Å²) in [5.41, 5.74) is 2.37. The molecule has 2 fully saturated rings. The molecule has 2 aliphatic heterocycles. The van der Waals surface area contributed by atoms with Crippen molar-refractivity contribution in [2.24, 2.45) is 0 Å². The molecule has 0 saturated carbocycles. The second-order valence-electron chi connectivity index (χ2n) is 9.93. The van der Waals surface area contributed by atoms with Crippen LogP contribution in [0.4, 0.5) is 4.39 Å². The number of aliphatic carboxylic acids is 1. The van der Waals surface area contributed by atoms with Crippen LogP contribution in [0.3, 0.4) is 0 Å². The van der Waals surface area contributed by atoms with E-state index in [2.05, 4.69) is 14.5 Å². The van der Waals surface area contributed by atoms with Gasteiger partial charge in [-0.05, 0) is 57.0 Å². The van der Waals surface area contributed by atoms with Crippen LogP contribution in [-0.2, 0) is 35.6 Å². The van der Waals surface area contributed by atoms with Gasteiger partial charge in [-0.3, -0.25) is 9.69 Å². The number of rotatable bonds is 11. The molecule has 2 aliphatic rings. The van der Waals surface area contributed by atoms with Gasteiger partial charge >= 0.3 is 5.97 Å². The number of benzene rings is 1. The van der Waals surface area contributed by atoms with Crippen molar-refractivity contribution in [1.29, 1.82) is 0 Å². The number of carboxylic acids is 1. The molecule has 4 heterocycles. The van der Waals surface area contributed by atoms with Gasteiger partial charge in [-0.1, -0.05) is 23.7 Å². The van der Waals surface area contributed by atoms with E-state index >= 15 is 0 Å². The van der Waals surface area contributed by atoms with Crippen LogP contribution in [-0.4, -0.2) is 56.3 Å². The van der Waals surface area contributed by atoms with Crippen LogP contribution in [0, 0.1) is 5.82 Å². The normalized spacial score (nSPS) is 18.3. The van der Waals surface area contributed by atoms with Gasteiger partial charge in [-0.25, -0.2) is 14.4 Å². The highest BCUT2D eigenvalue weighted by Gasteiger charge is 2.26. The first kappa shape index (κ1) is 26.6. The number of carbonyl (C=O) groups is 1. The van der Waals surface area contributed by atoms with Gasteiger partial charge in [-0.2, -0.15) is 0 Å². The van der Waals surface area contributed by atoms with Crippen LogP contribution in [0.2, 0.25) is 5.02 Å². The lowest BCUT2D eigenvalue weighted by molar-refractivity contribution is -0.137. The number of ether oxygens (including phenoxy) is 2. The summed E-state index contributed by atoms with van der Waals surface area (Å²) >= 11 is 5.83. The predicted octanol–water partition coefficient (Wildman–Crippen LogP) is 4.84. The first-order valence-electron chi connectivity index (χ1n) is 13.1. The first-order chi connectivity index (χ1) is 18.4. The molecule has 10 heteroatoms. The summed E-state index contributed by atoms with van der Waals surface area (Å²) in [5, 5.41) is 9.47. The number of pyridine rings is 1. The number of likely N-dealkylation sites (tertiary alicyclic amines) is 1. The Bertz CT molecular complexity index is 1260. The number of imidazole rings is 1. The summed E-state index contributed by atoms with van der Waals surface area (Å²) in [6.07, 6.45) is 5.48. The Balaban J connectivity index is 1.17. The minimum absolute atomic E-state index is 0.0882. The topological polar surface area (TPSA) is 89.7 Å². The second kappa shape index (κ2) is 12.2. The predicted molar refractivity (Wildman–Crippen MR) is 140 cm³/mol. The number of aryl methyl sites for hydroxylation is 1. The van der Waals surface area contributed by atoms with Crippen molar-refractivity contribution in [2.45, 2.75) is 63.8 Å². The molecular weight excluding hydrogens is 511 g/mol. The fourth-order valence-corrected chi connectivity index (χ4v) is 5.14. The largest absolute Gasteiger partial charge is 0.481 e. The number of carboxylic acid groups (broad SMARTS) is 1. The van der Waals surface area contributed by atoms with Crippen molar-refractivity contribution in [3.8, 4) is 5.88 Å². The van der Waals surface area contributed by atoms with Crippen molar-refractivity contribution in [2.75, 3.05) is 19.7 Å². The Hall–Kier alpha value is -3.01. The summed E-state index contributed by atoms with van der Waals surface area (Å²) in [7, 11) is 0. The quantitative estimate of drug-likeness (QED) is 0.371. The van der Waals surface area contributed by atoms with E-state index in [0.717, 1.165) is 69.3 Å². The van der Waals surface area contributed by atoms with E-state index in [1.165, 1.54) is 6.07 Å². The van der Waals surface area contributed by atoms with Crippen molar-refractivity contribution >= 4 is 17.6 Å². The van der Waals surface area contributed by atoms with Crippen LogP contribution >= 0.6 is 11.6 Å². The molecule has 0 spiro atoms. The molecule has 0 amide bonds. The molecule has 3 aromatic rings. The summed E-state index contributed by atoms with van der Waals surface area (Å²) in [4.78, 5) is 22.8. The van der Waals surface area contributed by atoms with Gasteiger partial charge in [0.25, 0.3) is 0 Å². The Labute approximate surface area is 226 Å². The SMILES string of the molecule is O=C(O)CCc1cnc(CN2CCC(c3cccc(OCc4ccc(Cl)cc4F)n3)CC2)n1C[C@@H]1CCO1. The maximum absolute atomic E-state index is 14.1. The lowest BCUT2D eigenvalue weighted by Gasteiger charge is -2.32. The summed E-state index contributed by atoms with van der Waals surface area (Å²) in [6.45, 7) is 4.12. The first-order valence-corrected chi connectivity index (χ1v) is 13.4. The lowest BCUT2D eigenvalue weighted by Crippen LogP contribution is -2.36.